The number of hydrogen-bond donors (Lipinski definition) is 1. The predicted molar refractivity (Wildman–Crippen MR) is 82.4 cm³/mol. The summed E-state index contributed by atoms with van der Waals surface area (Å²) in [5.41, 5.74) is 0. The quantitative estimate of drug-likeness (QED) is 0.813. The third-order valence-electron chi connectivity index (χ3n) is 4.56. The molecule has 2 aliphatic heterocycles. The van der Waals surface area contributed by atoms with Gasteiger partial charge in [-0.05, 0) is 53.1 Å². The highest BCUT2D eigenvalue weighted by molar-refractivity contribution is 4.82. The minimum atomic E-state index is -0.861. The summed E-state index contributed by atoms with van der Waals surface area (Å²) in [4.78, 5) is 2.39. The van der Waals surface area contributed by atoms with E-state index in [1.807, 2.05) is 0 Å². The molecule has 0 aromatic rings. The summed E-state index contributed by atoms with van der Waals surface area (Å²) >= 11 is 0. The molecule has 21 heavy (non-hydrogen) atoms. The normalized spacial score (nSPS) is 35.3. The Kier molecular flexibility index (Phi) is 6.86. The Morgan fingerprint density at radius 2 is 2.14 bits per heavy atom. The van der Waals surface area contributed by atoms with Crippen LogP contribution in [0.4, 0.5) is 4.39 Å². The second kappa shape index (κ2) is 8.42. The van der Waals surface area contributed by atoms with E-state index >= 15 is 0 Å². The number of ether oxygens (including phenoxy) is 2. The highest BCUT2D eigenvalue weighted by Gasteiger charge is 2.29. The Morgan fingerprint density at radius 3 is 2.86 bits per heavy atom. The average Bonchev–Trinajstić information content (AvgIpc) is 2.44. The molecule has 5 heteroatoms. The van der Waals surface area contributed by atoms with Crippen LogP contribution < -0.4 is 5.32 Å². The maximum absolute atomic E-state index is 13.7. The van der Waals surface area contributed by atoms with Gasteiger partial charge >= 0.3 is 0 Å². The van der Waals surface area contributed by atoms with Crippen LogP contribution in [0.1, 0.15) is 39.5 Å². The third-order valence-corrected chi connectivity index (χ3v) is 4.56. The zero-order valence-corrected chi connectivity index (χ0v) is 13.7. The van der Waals surface area contributed by atoms with Crippen molar-refractivity contribution >= 4 is 0 Å². The van der Waals surface area contributed by atoms with E-state index in [0.29, 0.717) is 25.3 Å². The topological polar surface area (TPSA) is 33.7 Å². The predicted octanol–water partition coefficient (Wildman–Crippen LogP) is 1.98. The van der Waals surface area contributed by atoms with E-state index in [4.69, 9.17) is 9.47 Å². The van der Waals surface area contributed by atoms with Gasteiger partial charge < -0.3 is 19.7 Å². The van der Waals surface area contributed by atoms with Gasteiger partial charge in [0.25, 0.3) is 0 Å². The molecule has 2 unspecified atom stereocenters. The molecular formula is C16H31FN2O2. The molecule has 0 aliphatic carbocycles. The van der Waals surface area contributed by atoms with E-state index in [0.717, 1.165) is 38.8 Å². The number of nitrogens with zero attached hydrogens (tertiary/aromatic N) is 1. The molecule has 4 atom stereocenters. The Balaban J connectivity index is 1.70. The first-order chi connectivity index (χ1) is 10.1. The standard InChI is InChI=1S/C16H31FN2O2/c1-12(2)21-14-5-8-19(3)13(10-14)6-9-20-16-4-7-18-11-15(16)17/h12-16,18H,4-11H2,1-3H3/t13?,14?,15-,16-/m1/s1. The van der Waals surface area contributed by atoms with E-state index in [1.165, 1.54) is 0 Å². The van der Waals surface area contributed by atoms with E-state index in [2.05, 4.69) is 31.1 Å². The molecule has 0 radical (unpaired) electrons. The Hall–Kier alpha value is -0.230. The number of nitrogens with one attached hydrogen (secondary N) is 1. The largest absolute Gasteiger partial charge is 0.375 e. The van der Waals surface area contributed by atoms with E-state index < -0.39 is 6.17 Å². The molecule has 124 valence electrons. The van der Waals surface area contributed by atoms with E-state index in [9.17, 15) is 4.39 Å². The molecule has 0 aromatic heterocycles. The van der Waals surface area contributed by atoms with E-state index in [1.54, 1.807) is 0 Å². The molecule has 2 fully saturated rings. The Morgan fingerprint density at radius 1 is 1.33 bits per heavy atom. The lowest BCUT2D eigenvalue weighted by Gasteiger charge is -2.38. The lowest BCUT2D eigenvalue weighted by atomic mass is 9.97. The van der Waals surface area contributed by atoms with E-state index in [-0.39, 0.29) is 12.2 Å². The monoisotopic (exact) mass is 302 g/mol. The first kappa shape index (κ1) is 17.1. The second-order valence-corrected chi connectivity index (χ2v) is 6.67. The zero-order valence-electron chi connectivity index (χ0n) is 13.7. The summed E-state index contributed by atoms with van der Waals surface area (Å²) < 4.78 is 25.4. The minimum Gasteiger partial charge on any atom is -0.375 e. The summed E-state index contributed by atoms with van der Waals surface area (Å²) in [6.07, 6.45) is 3.47. The maximum Gasteiger partial charge on any atom is 0.139 e. The van der Waals surface area contributed by atoms with Gasteiger partial charge in [0.15, 0.2) is 0 Å². The summed E-state index contributed by atoms with van der Waals surface area (Å²) in [6.45, 7) is 7.19. The Labute approximate surface area is 128 Å². The van der Waals surface area contributed by atoms with Crippen LogP contribution in [-0.2, 0) is 9.47 Å². The molecule has 0 amide bonds. The van der Waals surface area contributed by atoms with Crippen molar-refractivity contribution in [2.75, 3.05) is 33.3 Å². The molecule has 2 saturated heterocycles. The number of piperidine rings is 2. The minimum absolute atomic E-state index is 0.220. The number of halogens is 1. The first-order valence-electron chi connectivity index (χ1n) is 8.38. The van der Waals surface area contributed by atoms with Crippen LogP contribution in [0.2, 0.25) is 0 Å². The second-order valence-electron chi connectivity index (χ2n) is 6.67. The average molecular weight is 302 g/mol. The van der Waals surface area contributed by atoms with Gasteiger partial charge in [-0.3, -0.25) is 0 Å². The van der Waals surface area contributed by atoms with Gasteiger partial charge in [0.05, 0.1) is 18.3 Å². The maximum atomic E-state index is 13.7. The third kappa shape index (κ3) is 5.47. The number of hydrogen-bond acceptors (Lipinski definition) is 4. The van der Waals surface area contributed by atoms with Crippen LogP contribution in [0.25, 0.3) is 0 Å². The molecule has 0 bridgehead atoms. The van der Waals surface area contributed by atoms with Crippen LogP contribution in [-0.4, -0.2) is 68.7 Å². The lowest BCUT2D eigenvalue weighted by Crippen LogP contribution is -2.45. The van der Waals surface area contributed by atoms with Crippen molar-refractivity contribution in [2.24, 2.45) is 0 Å². The van der Waals surface area contributed by atoms with Gasteiger partial charge in [-0.2, -0.15) is 0 Å². The highest BCUT2D eigenvalue weighted by Crippen LogP contribution is 2.22. The van der Waals surface area contributed by atoms with Crippen LogP contribution in [0.3, 0.4) is 0 Å². The van der Waals surface area contributed by atoms with Gasteiger partial charge in [0.2, 0.25) is 0 Å². The molecule has 0 aromatic carbocycles. The van der Waals surface area contributed by atoms with Crippen molar-refractivity contribution < 1.29 is 13.9 Å². The van der Waals surface area contributed by atoms with Crippen molar-refractivity contribution in [1.82, 2.24) is 10.2 Å². The number of rotatable bonds is 6. The van der Waals surface area contributed by atoms with Gasteiger partial charge in [-0.25, -0.2) is 4.39 Å². The number of likely N-dealkylation sites (tertiary alicyclic amines) is 1. The highest BCUT2D eigenvalue weighted by atomic mass is 19.1. The molecule has 0 spiro atoms. The fourth-order valence-electron chi connectivity index (χ4n) is 3.32. The van der Waals surface area contributed by atoms with Gasteiger partial charge in [0, 0.05) is 25.7 Å². The van der Waals surface area contributed by atoms with Crippen molar-refractivity contribution in [3.05, 3.63) is 0 Å². The van der Waals surface area contributed by atoms with Crippen molar-refractivity contribution in [3.63, 3.8) is 0 Å². The Bertz CT molecular complexity index is 304. The first-order valence-corrected chi connectivity index (χ1v) is 8.38. The summed E-state index contributed by atoms with van der Waals surface area (Å²) in [6, 6.07) is 0.488. The van der Waals surface area contributed by atoms with Crippen LogP contribution >= 0.6 is 0 Å². The lowest BCUT2D eigenvalue weighted by molar-refractivity contribution is -0.0548. The smallest absolute Gasteiger partial charge is 0.139 e. The number of alkyl halides is 1. The van der Waals surface area contributed by atoms with Crippen LogP contribution in [0, 0.1) is 0 Å². The van der Waals surface area contributed by atoms with Crippen LogP contribution in [0.5, 0.6) is 0 Å². The summed E-state index contributed by atoms with van der Waals surface area (Å²) in [7, 11) is 2.17. The molecule has 2 heterocycles. The molecule has 2 rings (SSSR count). The fourth-order valence-corrected chi connectivity index (χ4v) is 3.32. The SMILES string of the molecule is CC(C)OC1CCN(C)C(CCO[C@@H]2CCNC[C@H]2F)C1. The van der Waals surface area contributed by atoms with Gasteiger partial charge in [-0.15, -0.1) is 0 Å². The molecule has 4 nitrogen and oxygen atoms in total. The summed E-state index contributed by atoms with van der Waals surface area (Å²) in [5.74, 6) is 0. The molecule has 0 saturated carbocycles. The molecular weight excluding hydrogens is 271 g/mol. The zero-order chi connectivity index (χ0) is 15.2. The molecule has 2 aliphatic rings. The van der Waals surface area contributed by atoms with Gasteiger partial charge in [-0.1, -0.05) is 0 Å². The summed E-state index contributed by atoms with van der Waals surface area (Å²) in [5, 5.41) is 3.06. The fraction of sp³-hybridized carbons (Fsp3) is 1.00. The van der Waals surface area contributed by atoms with Crippen molar-refractivity contribution in [1.29, 1.82) is 0 Å². The molecule has 1 N–H and O–H groups in total. The van der Waals surface area contributed by atoms with Crippen molar-refractivity contribution in [3.8, 4) is 0 Å². The van der Waals surface area contributed by atoms with Gasteiger partial charge in [0.1, 0.15) is 6.17 Å². The van der Waals surface area contributed by atoms with Crippen LogP contribution in [0.15, 0.2) is 0 Å². The van der Waals surface area contributed by atoms with Crippen molar-refractivity contribution in [2.45, 2.75) is 70.1 Å².